The summed E-state index contributed by atoms with van der Waals surface area (Å²) >= 11 is 1.40. The molecule has 128 valence electrons. The van der Waals surface area contributed by atoms with Gasteiger partial charge in [-0.25, -0.2) is 14.0 Å². The lowest BCUT2D eigenvalue weighted by Crippen LogP contribution is -2.31. The highest BCUT2D eigenvalue weighted by Crippen LogP contribution is 2.39. The van der Waals surface area contributed by atoms with E-state index in [0.717, 1.165) is 24.4 Å². The third kappa shape index (κ3) is 3.28. The van der Waals surface area contributed by atoms with E-state index in [1.165, 1.54) is 16.0 Å². The third-order valence-corrected chi connectivity index (χ3v) is 5.04. The van der Waals surface area contributed by atoms with Crippen molar-refractivity contribution < 1.29 is 4.79 Å². The summed E-state index contributed by atoms with van der Waals surface area (Å²) in [7, 11) is 0. The van der Waals surface area contributed by atoms with Gasteiger partial charge in [0.25, 0.3) is 5.91 Å². The van der Waals surface area contributed by atoms with Gasteiger partial charge in [0.2, 0.25) is 0 Å². The van der Waals surface area contributed by atoms with Crippen LogP contribution in [0.1, 0.15) is 34.3 Å². The van der Waals surface area contributed by atoms with Crippen molar-refractivity contribution in [3.63, 3.8) is 0 Å². The second-order valence-electron chi connectivity index (χ2n) is 6.04. The first-order chi connectivity index (χ1) is 12.2. The van der Waals surface area contributed by atoms with Gasteiger partial charge in [0.15, 0.2) is 0 Å². The number of nitrogens with one attached hydrogen (secondary N) is 1. The van der Waals surface area contributed by atoms with Crippen LogP contribution >= 0.6 is 11.3 Å². The fourth-order valence-electron chi connectivity index (χ4n) is 2.77. The van der Waals surface area contributed by atoms with Crippen LogP contribution in [0.15, 0.2) is 52.6 Å². The Labute approximate surface area is 148 Å². The Bertz CT molecular complexity index is 924. The maximum absolute atomic E-state index is 12.8. The van der Waals surface area contributed by atoms with E-state index in [4.69, 9.17) is 0 Å². The Hall–Kier alpha value is -2.67. The van der Waals surface area contributed by atoms with E-state index in [1.807, 2.05) is 41.8 Å². The van der Waals surface area contributed by atoms with Crippen LogP contribution in [0.2, 0.25) is 0 Å². The van der Waals surface area contributed by atoms with Gasteiger partial charge in [0.05, 0.1) is 17.1 Å². The van der Waals surface area contributed by atoms with Gasteiger partial charge in [-0.1, -0.05) is 24.3 Å². The van der Waals surface area contributed by atoms with Gasteiger partial charge < -0.3 is 5.32 Å². The van der Waals surface area contributed by atoms with Crippen molar-refractivity contribution in [2.24, 2.45) is 0 Å². The highest BCUT2D eigenvalue weighted by molar-refractivity contribution is 7.12. The molecule has 2 aromatic heterocycles. The summed E-state index contributed by atoms with van der Waals surface area (Å²) in [6.45, 7) is 0.724. The van der Waals surface area contributed by atoms with Crippen molar-refractivity contribution in [2.45, 2.75) is 25.3 Å². The number of amides is 1. The Morgan fingerprint density at radius 3 is 2.68 bits per heavy atom. The van der Waals surface area contributed by atoms with E-state index >= 15 is 0 Å². The van der Waals surface area contributed by atoms with E-state index in [2.05, 4.69) is 10.4 Å². The zero-order valence-corrected chi connectivity index (χ0v) is 14.4. The SMILES string of the molecule is O=C(NCCn1nc(C2CC2)n(-c2ccccc2)c1=O)c1cccs1. The monoisotopic (exact) mass is 354 g/mol. The molecule has 3 aromatic rings. The molecular formula is C18H18N4O2S. The number of hydrogen-bond acceptors (Lipinski definition) is 4. The van der Waals surface area contributed by atoms with E-state index in [9.17, 15) is 9.59 Å². The molecule has 1 aromatic carbocycles. The van der Waals surface area contributed by atoms with Gasteiger partial charge in [-0.3, -0.25) is 4.79 Å². The summed E-state index contributed by atoms with van der Waals surface area (Å²) < 4.78 is 3.15. The molecule has 7 heteroatoms. The first-order valence-corrected chi connectivity index (χ1v) is 9.19. The standard InChI is InChI=1S/C18H18N4O2S/c23-17(15-7-4-12-25-15)19-10-11-21-18(24)22(14-5-2-1-3-6-14)16(20-21)13-8-9-13/h1-7,12-13H,8-11H2,(H,19,23). The lowest BCUT2D eigenvalue weighted by Gasteiger charge is -2.04. The smallest absolute Gasteiger partial charge is 0.349 e. The normalized spacial score (nSPS) is 13.8. The van der Waals surface area contributed by atoms with Crippen LogP contribution in [0.4, 0.5) is 0 Å². The fourth-order valence-corrected chi connectivity index (χ4v) is 3.41. The molecule has 0 atom stereocenters. The average Bonchev–Trinajstić information content (AvgIpc) is 3.22. The minimum atomic E-state index is -0.154. The number of nitrogens with zero attached hydrogens (tertiary/aromatic N) is 3. The van der Waals surface area contributed by atoms with Crippen molar-refractivity contribution in [3.05, 3.63) is 69.0 Å². The van der Waals surface area contributed by atoms with Crippen molar-refractivity contribution in [1.82, 2.24) is 19.7 Å². The minimum absolute atomic E-state index is 0.118. The second kappa shape index (κ2) is 6.68. The van der Waals surface area contributed by atoms with Gasteiger partial charge in [0.1, 0.15) is 5.82 Å². The zero-order valence-electron chi connectivity index (χ0n) is 13.6. The molecule has 4 rings (SSSR count). The molecule has 0 bridgehead atoms. The highest BCUT2D eigenvalue weighted by Gasteiger charge is 2.31. The molecular weight excluding hydrogens is 336 g/mol. The predicted molar refractivity (Wildman–Crippen MR) is 96.5 cm³/mol. The Balaban J connectivity index is 1.53. The molecule has 1 saturated carbocycles. The second-order valence-corrected chi connectivity index (χ2v) is 6.99. The number of aromatic nitrogens is 3. The largest absolute Gasteiger partial charge is 0.350 e. The molecule has 1 N–H and O–H groups in total. The summed E-state index contributed by atoms with van der Waals surface area (Å²) in [6, 6.07) is 13.2. The summed E-state index contributed by atoms with van der Waals surface area (Å²) in [5, 5.41) is 9.23. The van der Waals surface area contributed by atoms with Crippen molar-refractivity contribution >= 4 is 17.2 Å². The summed E-state index contributed by atoms with van der Waals surface area (Å²) in [5.74, 6) is 1.06. The minimum Gasteiger partial charge on any atom is -0.349 e. The predicted octanol–water partition coefficient (Wildman–Crippen LogP) is 2.40. The number of carbonyl (C=O) groups excluding carboxylic acids is 1. The van der Waals surface area contributed by atoms with E-state index in [-0.39, 0.29) is 11.6 Å². The third-order valence-electron chi connectivity index (χ3n) is 4.18. The van der Waals surface area contributed by atoms with Crippen LogP contribution < -0.4 is 11.0 Å². The van der Waals surface area contributed by atoms with Crippen LogP contribution in [0.25, 0.3) is 5.69 Å². The molecule has 1 amide bonds. The molecule has 0 saturated heterocycles. The first kappa shape index (κ1) is 15.8. The topological polar surface area (TPSA) is 68.9 Å². The fraction of sp³-hybridized carbons (Fsp3) is 0.278. The molecule has 25 heavy (non-hydrogen) atoms. The van der Waals surface area contributed by atoms with Crippen LogP contribution in [-0.4, -0.2) is 26.8 Å². The maximum atomic E-state index is 12.8. The van der Waals surface area contributed by atoms with Crippen LogP contribution in [0.5, 0.6) is 0 Å². The summed E-state index contributed by atoms with van der Waals surface area (Å²) in [4.78, 5) is 25.4. The number of carbonyl (C=O) groups is 1. The van der Waals surface area contributed by atoms with E-state index in [0.29, 0.717) is 23.9 Å². The average molecular weight is 354 g/mol. The van der Waals surface area contributed by atoms with E-state index < -0.39 is 0 Å². The van der Waals surface area contributed by atoms with Gasteiger partial charge in [-0.15, -0.1) is 11.3 Å². The Morgan fingerprint density at radius 2 is 2.00 bits per heavy atom. The summed E-state index contributed by atoms with van der Waals surface area (Å²) in [6.07, 6.45) is 2.14. The number of para-hydroxylation sites is 1. The quantitative estimate of drug-likeness (QED) is 0.739. The van der Waals surface area contributed by atoms with E-state index in [1.54, 1.807) is 10.6 Å². The molecule has 0 radical (unpaired) electrons. The van der Waals surface area contributed by atoms with Crippen molar-refractivity contribution in [1.29, 1.82) is 0 Å². The molecule has 0 unspecified atom stereocenters. The maximum Gasteiger partial charge on any atom is 0.350 e. The van der Waals surface area contributed by atoms with Gasteiger partial charge in [-0.05, 0) is 36.4 Å². The molecule has 1 aliphatic rings. The lowest BCUT2D eigenvalue weighted by atomic mass is 10.3. The van der Waals surface area contributed by atoms with Crippen LogP contribution in [-0.2, 0) is 6.54 Å². The number of thiophene rings is 1. The molecule has 6 nitrogen and oxygen atoms in total. The highest BCUT2D eigenvalue weighted by atomic mass is 32.1. The zero-order chi connectivity index (χ0) is 17.2. The van der Waals surface area contributed by atoms with Gasteiger partial charge in [0, 0.05) is 12.5 Å². The van der Waals surface area contributed by atoms with Crippen LogP contribution in [0, 0.1) is 0 Å². The Morgan fingerprint density at radius 1 is 1.20 bits per heavy atom. The Kier molecular flexibility index (Phi) is 4.23. The van der Waals surface area contributed by atoms with Crippen molar-refractivity contribution in [2.75, 3.05) is 6.54 Å². The lowest BCUT2D eigenvalue weighted by molar-refractivity contribution is 0.0956. The molecule has 2 heterocycles. The summed E-state index contributed by atoms with van der Waals surface area (Å²) in [5.41, 5.74) is 0.682. The number of rotatable bonds is 6. The molecule has 0 aliphatic heterocycles. The number of hydrogen-bond donors (Lipinski definition) is 1. The van der Waals surface area contributed by atoms with Gasteiger partial charge >= 0.3 is 5.69 Å². The van der Waals surface area contributed by atoms with Crippen LogP contribution in [0.3, 0.4) is 0 Å². The number of benzene rings is 1. The van der Waals surface area contributed by atoms with Crippen molar-refractivity contribution in [3.8, 4) is 5.69 Å². The molecule has 1 aliphatic carbocycles. The molecule has 0 spiro atoms. The first-order valence-electron chi connectivity index (χ1n) is 8.31. The van der Waals surface area contributed by atoms with Gasteiger partial charge in [-0.2, -0.15) is 5.10 Å². The molecule has 1 fully saturated rings.